The second-order valence-electron chi connectivity index (χ2n) is 5.86. The molecule has 1 fully saturated rings. The maximum atomic E-state index is 12.5. The molecule has 0 spiro atoms. The number of benzene rings is 1. The van der Waals surface area contributed by atoms with Crippen molar-refractivity contribution in [1.29, 1.82) is 0 Å². The molecule has 2 heterocycles. The van der Waals surface area contributed by atoms with E-state index < -0.39 is 15.9 Å². The van der Waals surface area contributed by atoms with Gasteiger partial charge in [-0.15, -0.1) is 0 Å². The number of morpholine rings is 1. The lowest BCUT2D eigenvalue weighted by molar-refractivity contribution is -0.137. The second-order valence-corrected chi connectivity index (χ2v) is 8.04. The van der Waals surface area contributed by atoms with Crippen LogP contribution in [-0.2, 0) is 25.8 Å². The summed E-state index contributed by atoms with van der Waals surface area (Å²) in [4.78, 5) is 14.2. The van der Waals surface area contributed by atoms with Crippen molar-refractivity contribution in [2.24, 2.45) is 0 Å². The van der Waals surface area contributed by atoms with Gasteiger partial charge in [0.25, 0.3) is 0 Å². The van der Waals surface area contributed by atoms with Crippen LogP contribution in [-0.4, -0.2) is 57.0 Å². The van der Waals surface area contributed by atoms with Crippen LogP contribution in [0.15, 0.2) is 34.9 Å². The molecule has 23 heavy (non-hydrogen) atoms. The van der Waals surface area contributed by atoms with Gasteiger partial charge in [-0.1, -0.05) is 18.2 Å². The predicted molar refractivity (Wildman–Crippen MR) is 85.9 cm³/mol. The first kappa shape index (κ1) is 16.0. The zero-order valence-corrected chi connectivity index (χ0v) is 13.7. The Morgan fingerprint density at radius 1 is 1.35 bits per heavy atom. The van der Waals surface area contributed by atoms with Crippen molar-refractivity contribution in [3.63, 3.8) is 0 Å². The molecule has 1 saturated heterocycles. The van der Waals surface area contributed by atoms with Gasteiger partial charge in [-0.3, -0.25) is 4.79 Å². The number of hydrogen-bond acceptors (Lipinski definition) is 5. The average Bonchev–Trinajstić information content (AvgIpc) is 2.89. The van der Waals surface area contributed by atoms with Crippen LogP contribution in [0.5, 0.6) is 0 Å². The van der Waals surface area contributed by atoms with E-state index in [1.165, 1.54) is 6.26 Å². The van der Waals surface area contributed by atoms with E-state index in [0.717, 1.165) is 16.5 Å². The Morgan fingerprint density at radius 3 is 2.91 bits per heavy atom. The van der Waals surface area contributed by atoms with E-state index in [-0.39, 0.29) is 18.1 Å². The molecule has 124 valence electrons. The Hall–Kier alpha value is -1.86. The summed E-state index contributed by atoms with van der Waals surface area (Å²) >= 11 is 0. The van der Waals surface area contributed by atoms with E-state index in [9.17, 15) is 13.2 Å². The number of nitrogens with zero attached hydrogens (tertiary/aromatic N) is 1. The molecule has 1 aromatic carbocycles. The molecule has 1 unspecified atom stereocenters. The number of para-hydroxylation sites is 1. The molecule has 0 aliphatic carbocycles. The Kier molecular flexibility index (Phi) is 4.41. The second kappa shape index (κ2) is 6.33. The normalized spacial score (nSPS) is 19.2. The van der Waals surface area contributed by atoms with Crippen molar-refractivity contribution >= 4 is 26.7 Å². The van der Waals surface area contributed by atoms with Crippen LogP contribution in [0.3, 0.4) is 0 Å². The molecule has 0 saturated carbocycles. The molecule has 1 aliphatic rings. The monoisotopic (exact) mass is 337 g/mol. The van der Waals surface area contributed by atoms with Crippen LogP contribution in [0.1, 0.15) is 5.56 Å². The summed E-state index contributed by atoms with van der Waals surface area (Å²) in [5.74, 6) is -0.107. The fraction of sp³-hybridized carbons (Fsp3) is 0.438. The van der Waals surface area contributed by atoms with Crippen LogP contribution in [0.25, 0.3) is 11.0 Å². The minimum absolute atomic E-state index is 0.0432. The van der Waals surface area contributed by atoms with Gasteiger partial charge in [0.1, 0.15) is 15.4 Å². The van der Waals surface area contributed by atoms with Gasteiger partial charge in [-0.25, -0.2) is 8.42 Å². The number of furan rings is 1. The largest absolute Gasteiger partial charge is 0.464 e. The third-order valence-corrected chi connectivity index (χ3v) is 4.86. The van der Waals surface area contributed by atoms with E-state index in [4.69, 9.17) is 9.15 Å². The first-order chi connectivity index (χ1) is 10.9. The Balaban J connectivity index is 1.68. The average molecular weight is 337 g/mol. The van der Waals surface area contributed by atoms with E-state index >= 15 is 0 Å². The van der Waals surface area contributed by atoms with Crippen molar-refractivity contribution < 1.29 is 22.4 Å². The topological polar surface area (TPSA) is 76.8 Å². The van der Waals surface area contributed by atoms with Gasteiger partial charge < -0.3 is 14.1 Å². The van der Waals surface area contributed by atoms with Crippen LogP contribution >= 0.6 is 0 Å². The van der Waals surface area contributed by atoms with Gasteiger partial charge in [-0.2, -0.15) is 0 Å². The molecule has 1 atom stereocenters. The number of sulfone groups is 1. The third-order valence-electron chi connectivity index (χ3n) is 3.88. The van der Waals surface area contributed by atoms with E-state index in [1.54, 1.807) is 11.2 Å². The summed E-state index contributed by atoms with van der Waals surface area (Å²) in [6.07, 6.45) is 2.57. The SMILES string of the molecule is CS(=O)(=O)CC1CN(C(=O)Cc2coc3ccccc23)CCO1. The number of amides is 1. The van der Waals surface area contributed by atoms with E-state index in [1.807, 2.05) is 24.3 Å². The molecule has 7 heteroatoms. The third kappa shape index (κ3) is 3.92. The predicted octanol–water partition coefficient (Wildman–Crippen LogP) is 1.25. The van der Waals surface area contributed by atoms with Crippen LogP contribution in [0, 0.1) is 0 Å². The van der Waals surface area contributed by atoms with Gasteiger partial charge in [0.05, 0.1) is 31.1 Å². The summed E-state index contributed by atoms with van der Waals surface area (Å²) < 4.78 is 33.7. The Bertz CT molecular complexity index is 811. The highest BCUT2D eigenvalue weighted by Crippen LogP contribution is 2.22. The number of rotatable bonds is 4. The van der Waals surface area contributed by atoms with Gasteiger partial charge in [0, 0.05) is 30.3 Å². The van der Waals surface area contributed by atoms with Crippen molar-refractivity contribution in [1.82, 2.24) is 4.90 Å². The standard InChI is InChI=1S/C16H19NO5S/c1-23(19,20)11-13-9-17(6-7-21-13)16(18)8-12-10-22-15-5-3-2-4-14(12)15/h2-5,10,13H,6-9,11H2,1H3. The minimum atomic E-state index is -3.13. The Labute approximate surface area is 134 Å². The number of carbonyl (C=O) groups excluding carboxylic acids is 1. The summed E-state index contributed by atoms with van der Waals surface area (Å²) in [6.45, 7) is 1.15. The number of hydrogen-bond donors (Lipinski definition) is 0. The lowest BCUT2D eigenvalue weighted by Gasteiger charge is -2.32. The molecule has 0 bridgehead atoms. The van der Waals surface area contributed by atoms with Crippen molar-refractivity contribution in [2.75, 3.05) is 31.7 Å². The van der Waals surface area contributed by atoms with Gasteiger partial charge in [0.15, 0.2) is 0 Å². The molecular weight excluding hydrogens is 318 g/mol. The number of ether oxygens (including phenoxy) is 1. The van der Waals surface area contributed by atoms with Gasteiger partial charge >= 0.3 is 0 Å². The first-order valence-corrected chi connectivity index (χ1v) is 9.50. The van der Waals surface area contributed by atoms with Crippen molar-refractivity contribution in [2.45, 2.75) is 12.5 Å². The van der Waals surface area contributed by atoms with Crippen LogP contribution < -0.4 is 0 Å². The van der Waals surface area contributed by atoms with Crippen molar-refractivity contribution in [3.05, 3.63) is 36.1 Å². The molecule has 1 amide bonds. The maximum absolute atomic E-state index is 12.5. The number of fused-ring (bicyclic) bond motifs is 1. The smallest absolute Gasteiger partial charge is 0.227 e. The first-order valence-electron chi connectivity index (χ1n) is 7.44. The molecule has 3 rings (SSSR count). The minimum Gasteiger partial charge on any atom is -0.464 e. The highest BCUT2D eigenvalue weighted by atomic mass is 32.2. The summed E-state index contributed by atoms with van der Waals surface area (Å²) in [5.41, 5.74) is 1.60. The van der Waals surface area contributed by atoms with Crippen LogP contribution in [0.4, 0.5) is 0 Å². The fourth-order valence-corrected chi connectivity index (χ4v) is 3.71. The summed E-state index contributed by atoms with van der Waals surface area (Å²) in [7, 11) is -3.13. The zero-order valence-electron chi connectivity index (χ0n) is 12.9. The molecule has 2 aromatic rings. The molecular formula is C16H19NO5S. The molecule has 6 nitrogen and oxygen atoms in total. The number of carbonyl (C=O) groups is 1. The quantitative estimate of drug-likeness (QED) is 0.839. The lowest BCUT2D eigenvalue weighted by atomic mass is 10.1. The highest BCUT2D eigenvalue weighted by Gasteiger charge is 2.27. The molecule has 0 radical (unpaired) electrons. The fourth-order valence-electron chi connectivity index (χ4n) is 2.83. The highest BCUT2D eigenvalue weighted by molar-refractivity contribution is 7.90. The molecule has 0 N–H and O–H groups in total. The van der Waals surface area contributed by atoms with E-state index in [2.05, 4.69) is 0 Å². The van der Waals surface area contributed by atoms with Crippen LogP contribution in [0.2, 0.25) is 0 Å². The summed E-state index contributed by atoms with van der Waals surface area (Å²) in [6, 6.07) is 7.57. The van der Waals surface area contributed by atoms with Crippen molar-refractivity contribution in [3.8, 4) is 0 Å². The van der Waals surface area contributed by atoms with Gasteiger partial charge in [-0.05, 0) is 6.07 Å². The molecule has 1 aliphatic heterocycles. The molecule has 1 aromatic heterocycles. The zero-order chi connectivity index (χ0) is 16.4. The lowest BCUT2D eigenvalue weighted by Crippen LogP contribution is -2.48. The maximum Gasteiger partial charge on any atom is 0.227 e. The van der Waals surface area contributed by atoms with Gasteiger partial charge in [0.2, 0.25) is 5.91 Å². The summed E-state index contributed by atoms with van der Waals surface area (Å²) in [5, 5.41) is 0.932. The Morgan fingerprint density at radius 2 is 2.13 bits per heavy atom. The van der Waals surface area contributed by atoms with E-state index in [0.29, 0.717) is 19.7 Å².